The Labute approximate surface area is 131 Å². The summed E-state index contributed by atoms with van der Waals surface area (Å²) in [4.78, 5) is 12.3. The molecule has 2 aromatic carbocycles. The van der Waals surface area contributed by atoms with Crippen molar-refractivity contribution >= 4 is 38.9 Å². The van der Waals surface area contributed by atoms with E-state index in [2.05, 4.69) is 21.2 Å². The fourth-order valence-corrected chi connectivity index (χ4v) is 2.58. The van der Waals surface area contributed by atoms with E-state index in [9.17, 15) is 4.79 Å². The van der Waals surface area contributed by atoms with E-state index in [1.165, 1.54) is 0 Å². The van der Waals surface area contributed by atoms with Crippen molar-refractivity contribution in [3.05, 3.63) is 45.9 Å². The van der Waals surface area contributed by atoms with Crippen LogP contribution in [-0.4, -0.2) is 13.0 Å². The van der Waals surface area contributed by atoms with Gasteiger partial charge in [0.05, 0.1) is 12.8 Å². The van der Waals surface area contributed by atoms with E-state index in [1.807, 2.05) is 13.0 Å². The van der Waals surface area contributed by atoms with Crippen LogP contribution in [0.1, 0.15) is 15.9 Å². The Morgan fingerprint density at radius 1 is 1.14 bits per heavy atom. The second-order valence-corrected chi connectivity index (χ2v) is 5.56. The number of ether oxygens (including phenoxy) is 1. The van der Waals surface area contributed by atoms with Crippen LogP contribution >= 0.6 is 15.9 Å². The summed E-state index contributed by atoms with van der Waals surface area (Å²) in [5.74, 6) is 0.282. The summed E-state index contributed by atoms with van der Waals surface area (Å²) in [6.07, 6.45) is 0. The number of rotatable bonds is 3. The fourth-order valence-electron chi connectivity index (χ4n) is 2.03. The summed E-state index contributed by atoms with van der Waals surface area (Å²) in [7, 11) is 1.55. The van der Waals surface area contributed by atoms with Crippen molar-refractivity contribution in [2.24, 2.45) is 0 Å². The van der Waals surface area contributed by atoms with Crippen LogP contribution in [0, 0.1) is 6.92 Å². The molecule has 5 N–H and O–H groups in total. The topological polar surface area (TPSA) is 90.4 Å². The molecule has 0 spiro atoms. The average Bonchev–Trinajstić information content (AvgIpc) is 2.40. The van der Waals surface area contributed by atoms with E-state index >= 15 is 0 Å². The van der Waals surface area contributed by atoms with Crippen molar-refractivity contribution in [1.29, 1.82) is 0 Å². The number of aryl methyl sites for hydroxylation is 1. The molecule has 0 aromatic heterocycles. The lowest BCUT2D eigenvalue weighted by Gasteiger charge is -2.14. The average molecular weight is 350 g/mol. The summed E-state index contributed by atoms with van der Waals surface area (Å²) >= 11 is 3.39. The predicted octanol–water partition coefficient (Wildman–Crippen LogP) is 3.18. The number of carbonyl (C=O) groups excluding carboxylic acids is 1. The van der Waals surface area contributed by atoms with Crippen LogP contribution in [0.3, 0.4) is 0 Å². The zero-order valence-corrected chi connectivity index (χ0v) is 13.3. The first-order valence-electron chi connectivity index (χ1n) is 6.22. The third-order valence-corrected chi connectivity index (χ3v) is 3.42. The number of amides is 1. The quantitative estimate of drug-likeness (QED) is 0.742. The second-order valence-electron chi connectivity index (χ2n) is 4.64. The molecule has 21 heavy (non-hydrogen) atoms. The molecular formula is C15H16BrN3O2. The lowest BCUT2D eigenvalue weighted by Crippen LogP contribution is -2.14. The van der Waals surface area contributed by atoms with Gasteiger partial charge in [-0.25, -0.2) is 0 Å². The third kappa shape index (κ3) is 3.46. The molecule has 0 aliphatic heterocycles. The predicted molar refractivity (Wildman–Crippen MR) is 88.7 cm³/mol. The molecule has 0 aliphatic rings. The maximum absolute atomic E-state index is 12.3. The molecule has 0 aliphatic carbocycles. The van der Waals surface area contributed by atoms with Gasteiger partial charge in [0, 0.05) is 21.4 Å². The summed E-state index contributed by atoms with van der Waals surface area (Å²) < 4.78 is 6.17. The minimum atomic E-state index is -0.294. The highest BCUT2D eigenvalue weighted by atomic mass is 79.9. The van der Waals surface area contributed by atoms with Crippen molar-refractivity contribution in [2.75, 3.05) is 23.9 Å². The van der Waals surface area contributed by atoms with E-state index in [-0.39, 0.29) is 5.91 Å². The molecule has 0 atom stereocenters. The number of carbonyl (C=O) groups is 1. The van der Waals surface area contributed by atoms with Gasteiger partial charge in [-0.2, -0.15) is 0 Å². The Hall–Kier alpha value is -2.21. The number of anilines is 3. The van der Waals surface area contributed by atoms with Gasteiger partial charge in [-0.1, -0.05) is 15.9 Å². The van der Waals surface area contributed by atoms with Gasteiger partial charge in [-0.15, -0.1) is 0 Å². The van der Waals surface area contributed by atoms with Crippen LogP contribution in [0.4, 0.5) is 17.1 Å². The van der Waals surface area contributed by atoms with Gasteiger partial charge >= 0.3 is 0 Å². The number of nitrogens with two attached hydrogens (primary N) is 2. The number of nitrogens with one attached hydrogen (secondary N) is 1. The van der Waals surface area contributed by atoms with Crippen molar-refractivity contribution in [3.63, 3.8) is 0 Å². The Balaban J connectivity index is 2.35. The van der Waals surface area contributed by atoms with Crippen LogP contribution in [0.15, 0.2) is 34.8 Å². The lowest BCUT2D eigenvalue weighted by atomic mass is 10.1. The van der Waals surface area contributed by atoms with Gasteiger partial charge in [-0.3, -0.25) is 4.79 Å². The molecule has 5 nitrogen and oxygen atoms in total. The molecule has 0 saturated carbocycles. The highest BCUT2D eigenvalue weighted by Crippen LogP contribution is 2.32. The first kappa shape index (κ1) is 15.2. The van der Waals surface area contributed by atoms with E-state index in [1.54, 1.807) is 31.4 Å². The van der Waals surface area contributed by atoms with Crippen molar-refractivity contribution in [3.8, 4) is 5.75 Å². The van der Waals surface area contributed by atoms with Crippen LogP contribution < -0.4 is 21.5 Å². The smallest absolute Gasteiger partial charge is 0.255 e. The minimum absolute atomic E-state index is 0.294. The summed E-state index contributed by atoms with van der Waals surface area (Å²) in [5, 5.41) is 2.83. The first-order chi connectivity index (χ1) is 9.90. The van der Waals surface area contributed by atoms with Gasteiger partial charge in [0.25, 0.3) is 5.91 Å². The molecular weight excluding hydrogens is 334 g/mol. The van der Waals surface area contributed by atoms with Gasteiger partial charge in [-0.05, 0) is 42.8 Å². The number of nitrogen functional groups attached to an aromatic ring is 2. The molecule has 0 heterocycles. The summed E-state index contributed by atoms with van der Waals surface area (Å²) in [6.45, 7) is 1.89. The minimum Gasteiger partial charge on any atom is -0.495 e. The molecule has 2 aromatic rings. The van der Waals surface area contributed by atoms with E-state index in [0.717, 1.165) is 10.0 Å². The monoisotopic (exact) mass is 349 g/mol. The molecule has 0 saturated heterocycles. The van der Waals surface area contributed by atoms with Gasteiger partial charge < -0.3 is 21.5 Å². The zero-order valence-electron chi connectivity index (χ0n) is 11.7. The number of hydrogen-bond donors (Lipinski definition) is 3. The fraction of sp³-hybridized carbons (Fsp3) is 0.133. The Morgan fingerprint density at radius 3 is 2.33 bits per heavy atom. The largest absolute Gasteiger partial charge is 0.495 e. The Kier molecular flexibility index (Phi) is 4.37. The Bertz CT molecular complexity index is 681. The van der Waals surface area contributed by atoms with Crippen LogP contribution in [0.25, 0.3) is 0 Å². The van der Waals surface area contributed by atoms with E-state index in [4.69, 9.17) is 16.2 Å². The maximum Gasteiger partial charge on any atom is 0.255 e. The third-order valence-electron chi connectivity index (χ3n) is 2.96. The number of benzene rings is 2. The van der Waals surface area contributed by atoms with E-state index in [0.29, 0.717) is 28.4 Å². The Morgan fingerprint density at radius 2 is 1.76 bits per heavy atom. The highest BCUT2D eigenvalue weighted by molar-refractivity contribution is 9.10. The van der Waals surface area contributed by atoms with Crippen molar-refractivity contribution < 1.29 is 9.53 Å². The highest BCUT2D eigenvalue weighted by Gasteiger charge is 2.14. The molecule has 0 radical (unpaired) electrons. The normalized spacial score (nSPS) is 10.2. The molecule has 1 amide bonds. The molecule has 0 bridgehead atoms. The molecule has 2 rings (SSSR count). The van der Waals surface area contributed by atoms with Crippen LogP contribution in [0.2, 0.25) is 0 Å². The summed E-state index contributed by atoms with van der Waals surface area (Å²) in [5.41, 5.74) is 14.2. The number of hydrogen-bond acceptors (Lipinski definition) is 4. The van der Waals surface area contributed by atoms with Crippen molar-refractivity contribution in [1.82, 2.24) is 0 Å². The van der Waals surface area contributed by atoms with Gasteiger partial charge in [0.2, 0.25) is 0 Å². The number of methoxy groups -OCH3 is 1. The molecule has 110 valence electrons. The number of halogens is 1. The maximum atomic E-state index is 12.3. The first-order valence-corrected chi connectivity index (χ1v) is 7.01. The summed E-state index contributed by atoms with van der Waals surface area (Å²) in [6, 6.07) is 8.43. The van der Waals surface area contributed by atoms with Crippen LogP contribution in [-0.2, 0) is 0 Å². The molecule has 0 unspecified atom stereocenters. The zero-order chi connectivity index (χ0) is 15.6. The lowest BCUT2D eigenvalue weighted by molar-refractivity contribution is 0.102. The molecule has 6 heteroatoms. The van der Waals surface area contributed by atoms with Gasteiger partial charge in [0.1, 0.15) is 5.75 Å². The van der Waals surface area contributed by atoms with E-state index < -0.39 is 0 Å². The van der Waals surface area contributed by atoms with Crippen molar-refractivity contribution in [2.45, 2.75) is 6.92 Å². The standard InChI is InChI=1S/C15H16BrN3O2/c1-8-3-10(16)6-13(21-2)14(8)19-15(20)9-4-11(17)7-12(18)5-9/h3-7H,17-18H2,1-2H3,(H,19,20). The molecule has 0 fully saturated rings. The SMILES string of the molecule is COc1cc(Br)cc(C)c1NC(=O)c1cc(N)cc(N)c1. The second kappa shape index (κ2) is 6.05. The van der Waals surface area contributed by atoms with Crippen LogP contribution in [0.5, 0.6) is 5.75 Å². The van der Waals surface area contributed by atoms with Gasteiger partial charge in [0.15, 0.2) is 0 Å².